The number of alkyl halides is 3. The lowest BCUT2D eigenvalue weighted by Gasteiger charge is -2.30. The second-order valence-corrected chi connectivity index (χ2v) is 8.84. The van der Waals surface area contributed by atoms with Crippen molar-refractivity contribution in [3.8, 4) is 5.75 Å². The van der Waals surface area contributed by atoms with E-state index < -0.39 is 12.8 Å². The van der Waals surface area contributed by atoms with E-state index in [1.165, 1.54) is 0 Å². The number of aryl methyl sites for hydroxylation is 1. The third kappa shape index (κ3) is 9.14. The van der Waals surface area contributed by atoms with Crippen LogP contribution in [0.1, 0.15) is 43.2 Å². The number of amides is 1. The standard InChI is InChI=1S/C24H35F3N2O4/c1-31-9-3-4-18-12-19(14-22(13-18)33-11-10-32-17-24(25,26)27)16-29(21-6-7-21)23(30)20-5-2-8-28-15-20/h12-14,20-21,28H,2-11,15-17H2,1H3. The highest BCUT2D eigenvalue weighted by Crippen LogP contribution is 2.32. The molecule has 0 bridgehead atoms. The minimum absolute atomic E-state index is 0.0192. The minimum atomic E-state index is -4.35. The molecule has 1 unspecified atom stereocenters. The lowest BCUT2D eigenvalue weighted by atomic mass is 9.97. The predicted molar refractivity (Wildman–Crippen MR) is 118 cm³/mol. The predicted octanol–water partition coefficient (Wildman–Crippen LogP) is 3.71. The van der Waals surface area contributed by atoms with E-state index in [1.807, 2.05) is 17.0 Å². The van der Waals surface area contributed by atoms with Crippen molar-refractivity contribution in [3.63, 3.8) is 0 Å². The van der Waals surface area contributed by atoms with Crippen LogP contribution in [0.4, 0.5) is 13.2 Å². The highest BCUT2D eigenvalue weighted by Gasteiger charge is 2.36. The summed E-state index contributed by atoms with van der Waals surface area (Å²) in [6.07, 6.45) is 1.26. The van der Waals surface area contributed by atoms with Crippen molar-refractivity contribution in [3.05, 3.63) is 29.3 Å². The van der Waals surface area contributed by atoms with Crippen LogP contribution in [0.5, 0.6) is 5.75 Å². The van der Waals surface area contributed by atoms with Gasteiger partial charge in [0.15, 0.2) is 0 Å². The van der Waals surface area contributed by atoms with Gasteiger partial charge in [0.05, 0.1) is 12.5 Å². The van der Waals surface area contributed by atoms with Gasteiger partial charge in [0, 0.05) is 32.8 Å². The molecule has 1 heterocycles. The molecule has 1 aromatic rings. The fourth-order valence-electron chi connectivity index (χ4n) is 4.14. The Labute approximate surface area is 193 Å². The van der Waals surface area contributed by atoms with Gasteiger partial charge < -0.3 is 24.4 Å². The second-order valence-electron chi connectivity index (χ2n) is 8.84. The van der Waals surface area contributed by atoms with E-state index in [4.69, 9.17) is 9.47 Å². The third-order valence-corrected chi connectivity index (χ3v) is 5.87. The van der Waals surface area contributed by atoms with Crippen molar-refractivity contribution in [2.24, 2.45) is 5.92 Å². The van der Waals surface area contributed by atoms with Crippen molar-refractivity contribution >= 4 is 5.91 Å². The van der Waals surface area contributed by atoms with Crippen LogP contribution in [0.2, 0.25) is 0 Å². The number of ether oxygens (including phenoxy) is 3. The highest BCUT2D eigenvalue weighted by molar-refractivity contribution is 5.80. The van der Waals surface area contributed by atoms with Gasteiger partial charge in [-0.05, 0) is 68.3 Å². The number of nitrogens with zero attached hydrogens (tertiary/aromatic N) is 1. The summed E-state index contributed by atoms with van der Waals surface area (Å²) in [4.78, 5) is 15.2. The first kappa shape index (κ1) is 25.8. The number of methoxy groups -OCH3 is 1. The minimum Gasteiger partial charge on any atom is -0.491 e. The van der Waals surface area contributed by atoms with Crippen molar-refractivity contribution in [2.45, 2.75) is 57.3 Å². The molecule has 1 saturated heterocycles. The Balaban J connectivity index is 1.65. The number of carbonyl (C=O) groups excluding carboxylic acids is 1. The number of rotatable bonds is 13. The van der Waals surface area contributed by atoms with Gasteiger partial charge in [-0.1, -0.05) is 6.07 Å². The summed E-state index contributed by atoms with van der Waals surface area (Å²) in [6.45, 7) is 1.43. The second kappa shape index (κ2) is 12.6. The molecule has 1 amide bonds. The van der Waals surface area contributed by atoms with E-state index in [0.29, 0.717) is 18.9 Å². The van der Waals surface area contributed by atoms with Crippen molar-refractivity contribution in [1.82, 2.24) is 10.2 Å². The lowest BCUT2D eigenvalue weighted by molar-refractivity contribution is -0.175. The molecule has 33 heavy (non-hydrogen) atoms. The molecule has 9 heteroatoms. The largest absolute Gasteiger partial charge is 0.491 e. The van der Waals surface area contributed by atoms with E-state index in [0.717, 1.165) is 62.7 Å². The molecule has 186 valence electrons. The van der Waals surface area contributed by atoms with Gasteiger partial charge in [0.2, 0.25) is 5.91 Å². The molecule has 2 aliphatic rings. The summed E-state index contributed by atoms with van der Waals surface area (Å²) in [5.74, 6) is 0.807. The van der Waals surface area contributed by atoms with Crippen LogP contribution in [0.3, 0.4) is 0 Å². The highest BCUT2D eigenvalue weighted by atomic mass is 19.4. The average molecular weight is 473 g/mol. The zero-order valence-corrected chi connectivity index (χ0v) is 19.3. The first-order chi connectivity index (χ1) is 15.9. The Kier molecular flexibility index (Phi) is 9.82. The van der Waals surface area contributed by atoms with E-state index in [2.05, 4.69) is 16.1 Å². The molecule has 6 nitrogen and oxygen atoms in total. The Morgan fingerprint density at radius 1 is 1.12 bits per heavy atom. The number of carbonyl (C=O) groups is 1. The van der Waals surface area contributed by atoms with Gasteiger partial charge in [0.1, 0.15) is 19.0 Å². The molecule has 1 aliphatic carbocycles. The first-order valence-corrected chi connectivity index (χ1v) is 11.8. The van der Waals surface area contributed by atoms with Gasteiger partial charge in [-0.2, -0.15) is 13.2 Å². The number of hydrogen-bond donors (Lipinski definition) is 1. The Hall–Kier alpha value is -1.84. The fraction of sp³-hybridized carbons (Fsp3) is 0.708. The third-order valence-electron chi connectivity index (χ3n) is 5.87. The quantitative estimate of drug-likeness (QED) is 0.444. The summed E-state index contributed by atoms with van der Waals surface area (Å²) in [5, 5.41) is 3.32. The van der Waals surface area contributed by atoms with Crippen LogP contribution in [0.25, 0.3) is 0 Å². The molecule has 1 saturated carbocycles. The van der Waals surface area contributed by atoms with Gasteiger partial charge in [-0.25, -0.2) is 0 Å². The molecule has 1 N–H and O–H groups in total. The normalized spacial score (nSPS) is 18.8. The van der Waals surface area contributed by atoms with Crippen LogP contribution >= 0.6 is 0 Å². The maximum absolute atomic E-state index is 13.2. The molecule has 0 aromatic heterocycles. The number of hydrogen-bond acceptors (Lipinski definition) is 5. The molecule has 0 radical (unpaired) electrons. The van der Waals surface area contributed by atoms with Crippen LogP contribution in [0.15, 0.2) is 18.2 Å². The first-order valence-electron chi connectivity index (χ1n) is 11.8. The monoisotopic (exact) mass is 472 g/mol. The fourth-order valence-corrected chi connectivity index (χ4v) is 4.14. The van der Waals surface area contributed by atoms with E-state index >= 15 is 0 Å². The molecular formula is C24H35F3N2O4. The number of piperidine rings is 1. The smallest absolute Gasteiger partial charge is 0.411 e. The Bertz CT molecular complexity index is 750. The molecular weight excluding hydrogens is 437 g/mol. The molecule has 1 aromatic carbocycles. The molecule has 1 atom stereocenters. The van der Waals surface area contributed by atoms with Crippen molar-refractivity contribution in [2.75, 3.05) is 46.6 Å². The van der Waals surface area contributed by atoms with Crippen LogP contribution < -0.4 is 10.1 Å². The van der Waals surface area contributed by atoms with Gasteiger partial charge in [-0.15, -0.1) is 0 Å². The number of benzene rings is 1. The molecule has 3 rings (SSSR count). The molecule has 2 fully saturated rings. The van der Waals surface area contributed by atoms with Crippen molar-refractivity contribution < 1.29 is 32.2 Å². The summed E-state index contributed by atoms with van der Waals surface area (Å²) in [7, 11) is 1.66. The zero-order chi connectivity index (χ0) is 23.7. The summed E-state index contributed by atoms with van der Waals surface area (Å²) < 4.78 is 52.2. The van der Waals surface area contributed by atoms with E-state index in [9.17, 15) is 18.0 Å². The summed E-state index contributed by atoms with van der Waals surface area (Å²) in [6, 6.07) is 6.16. The van der Waals surface area contributed by atoms with E-state index in [-0.39, 0.29) is 31.1 Å². The number of halogens is 3. The maximum atomic E-state index is 13.2. The van der Waals surface area contributed by atoms with Crippen LogP contribution in [0, 0.1) is 5.92 Å². The molecule has 1 aliphatic heterocycles. The van der Waals surface area contributed by atoms with Gasteiger partial charge >= 0.3 is 6.18 Å². The summed E-state index contributed by atoms with van der Waals surface area (Å²) in [5.41, 5.74) is 2.03. The Morgan fingerprint density at radius 2 is 1.91 bits per heavy atom. The van der Waals surface area contributed by atoms with Crippen LogP contribution in [-0.4, -0.2) is 69.7 Å². The Morgan fingerprint density at radius 3 is 2.58 bits per heavy atom. The SMILES string of the molecule is COCCCc1cc(CN(C(=O)C2CCCNC2)C2CC2)cc(OCCOCC(F)(F)F)c1. The van der Waals surface area contributed by atoms with Crippen molar-refractivity contribution in [1.29, 1.82) is 0 Å². The topological polar surface area (TPSA) is 60.0 Å². The molecule has 0 spiro atoms. The maximum Gasteiger partial charge on any atom is 0.411 e. The summed E-state index contributed by atoms with van der Waals surface area (Å²) >= 11 is 0. The van der Waals surface area contributed by atoms with Gasteiger partial charge in [-0.3, -0.25) is 4.79 Å². The van der Waals surface area contributed by atoms with Gasteiger partial charge in [0.25, 0.3) is 0 Å². The zero-order valence-electron chi connectivity index (χ0n) is 19.3. The number of nitrogens with one attached hydrogen (secondary N) is 1. The lowest BCUT2D eigenvalue weighted by Crippen LogP contribution is -2.43. The van der Waals surface area contributed by atoms with Crippen LogP contribution in [-0.2, 0) is 27.2 Å². The average Bonchev–Trinajstić information content (AvgIpc) is 3.62. The van der Waals surface area contributed by atoms with E-state index in [1.54, 1.807) is 7.11 Å².